The Kier molecular flexibility index (Phi) is 2.75. The summed E-state index contributed by atoms with van der Waals surface area (Å²) in [5, 5.41) is 0. The van der Waals surface area contributed by atoms with Crippen molar-refractivity contribution in [2.75, 3.05) is 0 Å². The molecular formula is C17H16O. The van der Waals surface area contributed by atoms with Crippen LogP contribution in [0.3, 0.4) is 0 Å². The molecule has 3 rings (SSSR count). The van der Waals surface area contributed by atoms with Crippen molar-refractivity contribution < 1.29 is 4.79 Å². The Labute approximate surface area is 107 Å². The topological polar surface area (TPSA) is 17.1 Å². The van der Waals surface area contributed by atoms with Gasteiger partial charge in [0.15, 0.2) is 5.78 Å². The molecular weight excluding hydrogens is 220 g/mol. The van der Waals surface area contributed by atoms with Crippen molar-refractivity contribution in [1.29, 1.82) is 0 Å². The van der Waals surface area contributed by atoms with Gasteiger partial charge < -0.3 is 0 Å². The van der Waals surface area contributed by atoms with E-state index in [2.05, 4.69) is 25.1 Å². The van der Waals surface area contributed by atoms with Gasteiger partial charge in [0, 0.05) is 12.0 Å². The molecule has 18 heavy (non-hydrogen) atoms. The zero-order valence-corrected chi connectivity index (χ0v) is 10.5. The Hall–Kier alpha value is -1.89. The lowest BCUT2D eigenvalue weighted by molar-refractivity contribution is 0.0964. The highest BCUT2D eigenvalue weighted by atomic mass is 16.1. The molecule has 0 amide bonds. The normalized spacial score (nSPS) is 18.5. The zero-order valence-electron chi connectivity index (χ0n) is 10.5. The lowest BCUT2D eigenvalue weighted by Crippen LogP contribution is -2.19. The molecule has 0 aliphatic heterocycles. The average Bonchev–Trinajstić information content (AvgIpc) is 2.41. The van der Waals surface area contributed by atoms with Crippen molar-refractivity contribution in [2.45, 2.75) is 25.7 Å². The summed E-state index contributed by atoms with van der Waals surface area (Å²) in [4.78, 5) is 12.2. The second kappa shape index (κ2) is 4.41. The molecule has 1 aliphatic carbocycles. The summed E-state index contributed by atoms with van der Waals surface area (Å²) in [6.45, 7) is 2.10. The third kappa shape index (κ3) is 1.86. The number of rotatable bonds is 1. The number of benzene rings is 2. The summed E-state index contributed by atoms with van der Waals surface area (Å²) < 4.78 is 0. The van der Waals surface area contributed by atoms with E-state index in [1.807, 2.05) is 30.3 Å². The van der Waals surface area contributed by atoms with E-state index in [4.69, 9.17) is 0 Å². The van der Waals surface area contributed by atoms with Crippen molar-refractivity contribution in [3.63, 3.8) is 0 Å². The van der Waals surface area contributed by atoms with Gasteiger partial charge >= 0.3 is 0 Å². The average molecular weight is 236 g/mol. The van der Waals surface area contributed by atoms with Gasteiger partial charge in [0.25, 0.3) is 0 Å². The van der Waals surface area contributed by atoms with Crippen LogP contribution in [0.1, 0.15) is 39.4 Å². The van der Waals surface area contributed by atoms with Crippen molar-refractivity contribution in [1.82, 2.24) is 0 Å². The van der Waals surface area contributed by atoms with Crippen LogP contribution in [0.2, 0.25) is 0 Å². The standard InChI is InChI=1S/C17H16O/c1-12-6-5-9-15-16(12)10-14(11-17(15)18)13-7-3-2-4-8-13/h2-9,14H,10-11H2,1H3. The number of ketones is 1. The highest BCUT2D eigenvalue weighted by molar-refractivity contribution is 5.99. The minimum atomic E-state index is 0.286. The highest BCUT2D eigenvalue weighted by Gasteiger charge is 2.26. The predicted molar refractivity (Wildman–Crippen MR) is 73.0 cm³/mol. The van der Waals surface area contributed by atoms with Gasteiger partial charge in [0.2, 0.25) is 0 Å². The molecule has 0 spiro atoms. The first-order valence-corrected chi connectivity index (χ1v) is 6.42. The quantitative estimate of drug-likeness (QED) is 0.733. The van der Waals surface area contributed by atoms with Crippen LogP contribution in [0.25, 0.3) is 0 Å². The summed E-state index contributed by atoms with van der Waals surface area (Å²) >= 11 is 0. The molecule has 2 aromatic rings. The van der Waals surface area contributed by atoms with E-state index in [1.54, 1.807) is 0 Å². The number of hydrogen-bond acceptors (Lipinski definition) is 1. The Morgan fingerprint density at radius 2 is 1.72 bits per heavy atom. The van der Waals surface area contributed by atoms with Crippen LogP contribution in [0.4, 0.5) is 0 Å². The van der Waals surface area contributed by atoms with Crippen LogP contribution in [0, 0.1) is 6.92 Å². The Bertz CT molecular complexity index is 584. The smallest absolute Gasteiger partial charge is 0.163 e. The second-order valence-corrected chi connectivity index (χ2v) is 5.04. The molecule has 1 atom stereocenters. The monoisotopic (exact) mass is 236 g/mol. The summed E-state index contributed by atoms with van der Waals surface area (Å²) in [6.07, 6.45) is 1.62. The molecule has 2 aromatic carbocycles. The molecule has 0 radical (unpaired) electrons. The van der Waals surface area contributed by atoms with Crippen LogP contribution in [-0.2, 0) is 6.42 Å². The fourth-order valence-corrected chi connectivity index (χ4v) is 2.85. The SMILES string of the molecule is Cc1cccc2c1CC(c1ccccc1)CC2=O. The molecule has 1 heteroatoms. The third-order valence-corrected chi connectivity index (χ3v) is 3.86. The summed E-state index contributed by atoms with van der Waals surface area (Å²) in [5.74, 6) is 0.626. The van der Waals surface area contributed by atoms with Crippen LogP contribution in [0.15, 0.2) is 48.5 Å². The van der Waals surface area contributed by atoms with Crippen molar-refractivity contribution in [3.8, 4) is 0 Å². The Morgan fingerprint density at radius 1 is 0.944 bits per heavy atom. The first-order valence-electron chi connectivity index (χ1n) is 6.42. The maximum atomic E-state index is 12.2. The number of carbonyl (C=O) groups excluding carboxylic acids is 1. The van der Waals surface area contributed by atoms with Gasteiger partial charge in [-0.2, -0.15) is 0 Å². The molecule has 0 fully saturated rings. The number of Topliss-reactive ketones (excluding diaryl/α,β-unsaturated/α-hetero) is 1. The van der Waals surface area contributed by atoms with E-state index in [9.17, 15) is 4.79 Å². The van der Waals surface area contributed by atoms with E-state index >= 15 is 0 Å². The molecule has 0 bridgehead atoms. The number of hydrogen-bond donors (Lipinski definition) is 0. The molecule has 0 aromatic heterocycles. The van der Waals surface area contributed by atoms with Crippen LogP contribution in [-0.4, -0.2) is 5.78 Å². The second-order valence-electron chi connectivity index (χ2n) is 5.04. The van der Waals surface area contributed by atoms with Gasteiger partial charge in [-0.3, -0.25) is 4.79 Å². The van der Waals surface area contributed by atoms with Gasteiger partial charge in [0.05, 0.1) is 0 Å². The van der Waals surface area contributed by atoms with E-state index in [0.29, 0.717) is 12.3 Å². The van der Waals surface area contributed by atoms with E-state index in [-0.39, 0.29) is 5.78 Å². The molecule has 1 nitrogen and oxygen atoms in total. The van der Waals surface area contributed by atoms with Crippen LogP contribution < -0.4 is 0 Å². The molecule has 0 saturated carbocycles. The number of fused-ring (bicyclic) bond motifs is 1. The molecule has 0 heterocycles. The maximum Gasteiger partial charge on any atom is 0.163 e. The van der Waals surface area contributed by atoms with Crippen molar-refractivity contribution >= 4 is 5.78 Å². The fourth-order valence-electron chi connectivity index (χ4n) is 2.85. The number of carbonyl (C=O) groups is 1. The number of aryl methyl sites for hydroxylation is 1. The third-order valence-electron chi connectivity index (χ3n) is 3.86. The fraction of sp³-hybridized carbons (Fsp3) is 0.235. The lowest BCUT2D eigenvalue weighted by atomic mass is 9.78. The van der Waals surface area contributed by atoms with Gasteiger partial charge in [-0.05, 0) is 36.0 Å². The Balaban J connectivity index is 2.01. The van der Waals surface area contributed by atoms with Crippen molar-refractivity contribution in [2.24, 2.45) is 0 Å². The Morgan fingerprint density at radius 3 is 2.50 bits per heavy atom. The highest BCUT2D eigenvalue weighted by Crippen LogP contribution is 2.33. The summed E-state index contributed by atoms with van der Waals surface area (Å²) in [7, 11) is 0. The van der Waals surface area contributed by atoms with E-state index in [0.717, 1.165) is 12.0 Å². The predicted octanol–water partition coefficient (Wildman–Crippen LogP) is 3.91. The van der Waals surface area contributed by atoms with E-state index in [1.165, 1.54) is 16.7 Å². The molecule has 1 aliphatic rings. The molecule has 0 N–H and O–H groups in total. The minimum Gasteiger partial charge on any atom is -0.294 e. The zero-order chi connectivity index (χ0) is 12.5. The molecule has 90 valence electrons. The van der Waals surface area contributed by atoms with Gasteiger partial charge in [-0.15, -0.1) is 0 Å². The van der Waals surface area contributed by atoms with Gasteiger partial charge in [-0.1, -0.05) is 48.5 Å². The van der Waals surface area contributed by atoms with Crippen LogP contribution in [0.5, 0.6) is 0 Å². The lowest BCUT2D eigenvalue weighted by Gasteiger charge is -2.25. The summed E-state index contributed by atoms with van der Waals surface area (Å²) in [6, 6.07) is 16.4. The van der Waals surface area contributed by atoms with Gasteiger partial charge in [0.1, 0.15) is 0 Å². The van der Waals surface area contributed by atoms with Gasteiger partial charge in [-0.25, -0.2) is 0 Å². The van der Waals surface area contributed by atoms with E-state index < -0.39 is 0 Å². The summed E-state index contributed by atoms with van der Waals surface area (Å²) in [5.41, 5.74) is 4.69. The first-order chi connectivity index (χ1) is 8.75. The molecule has 0 saturated heterocycles. The maximum absolute atomic E-state index is 12.2. The largest absolute Gasteiger partial charge is 0.294 e. The first kappa shape index (κ1) is 11.2. The minimum absolute atomic E-state index is 0.286. The van der Waals surface area contributed by atoms with Crippen LogP contribution >= 0.6 is 0 Å². The molecule has 1 unspecified atom stereocenters. The van der Waals surface area contributed by atoms with Crippen molar-refractivity contribution in [3.05, 3.63) is 70.8 Å².